The third-order valence-corrected chi connectivity index (χ3v) is 3.04. The summed E-state index contributed by atoms with van der Waals surface area (Å²) < 4.78 is 6.66. The van der Waals surface area contributed by atoms with Crippen LogP contribution in [0.5, 0.6) is 0 Å². The molecule has 2 heteroatoms. The molecule has 70 valence electrons. The molecule has 0 spiro atoms. The molecule has 0 saturated carbocycles. The molecule has 0 radical (unpaired) electrons. The number of ether oxygens (including phenoxy) is 1. The Morgan fingerprint density at radius 2 is 1.85 bits per heavy atom. The van der Waals surface area contributed by atoms with Crippen molar-refractivity contribution in [1.29, 1.82) is 0 Å². The molecule has 1 aliphatic heterocycles. The fraction of sp³-hybridized carbons (Fsp3) is 0.455. The zero-order valence-corrected chi connectivity index (χ0v) is 9.52. The van der Waals surface area contributed by atoms with Crippen LogP contribution in [0.3, 0.4) is 0 Å². The standard InChI is InChI=1S/C11H13BrO/c1-7-5-9(12)6-8(2)11(7)10-3-4-13-10/h5-6,10H,3-4H2,1-2H3. The van der Waals surface area contributed by atoms with Crippen molar-refractivity contribution in [2.45, 2.75) is 26.4 Å². The topological polar surface area (TPSA) is 9.23 Å². The second-order valence-corrected chi connectivity index (χ2v) is 4.52. The summed E-state index contributed by atoms with van der Waals surface area (Å²) in [6.07, 6.45) is 1.52. The summed E-state index contributed by atoms with van der Waals surface area (Å²) in [7, 11) is 0. The summed E-state index contributed by atoms with van der Waals surface area (Å²) in [6, 6.07) is 4.31. The molecule has 0 N–H and O–H groups in total. The van der Waals surface area contributed by atoms with Gasteiger partial charge in [0.15, 0.2) is 0 Å². The van der Waals surface area contributed by atoms with Crippen molar-refractivity contribution >= 4 is 15.9 Å². The second-order valence-electron chi connectivity index (χ2n) is 3.60. The highest BCUT2D eigenvalue weighted by Gasteiger charge is 2.23. The highest BCUT2D eigenvalue weighted by molar-refractivity contribution is 9.10. The molecular formula is C11H13BrO. The van der Waals surface area contributed by atoms with E-state index in [4.69, 9.17) is 4.74 Å². The molecule has 1 saturated heterocycles. The first kappa shape index (κ1) is 9.22. The molecule has 0 amide bonds. The van der Waals surface area contributed by atoms with Crippen LogP contribution >= 0.6 is 15.9 Å². The molecule has 13 heavy (non-hydrogen) atoms. The van der Waals surface area contributed by atoms with Gasteiger partial charge >= 0.3 is 0 Å². The first-order chi connectivity index (χ1) is 6.18. The lowest BCUT2D eigenvalue weighted by atomic mass is 9.94. The van der Waals surface area contributed by atoms with Gasteiger partial charge in [0.2, 0.25) is 0 Å². The van der Waals surface area contributed by atoms with Gasteiger partial charge in [-0.2, -0.15) is 0 Å². The Bertz CT molecular complexity index is 306. The van der Waals surface area contributed by atoms with Crippen LogP contribution in [0.25, 0.3) is 0 Å². The lowest BCUT2D eigenvalue weighted by Gasteiger charge is -2.29. The van der Waals surface area contributed by atoms with Gasteiger partial charge in [-0.05, 0) is 42.7 Å². The van der Waals surface area contributed by atoms with Crippen LogP contribution in [0.1, 0.15) is 29.2 Å². The van der Waals surface area contributed by atoms with Gasteiger partial charge in [-0.3, -0.25) is 0 Å². The van der Waals surface area contributed by atoms with Crippen LogP contribution in [0.2, 0.25) is 0 Å². The fourth-order valence-corrected chi connectivity index (χ4v) is 2.58. The van der Waals surface area contributed by atoms with Crippen LogP contribution in [0.15, 0.2) is 16.6 Å². The molecule has 0 bridgehead atoms. The van der Waals surface area contributed by atoms with Crippen LogP contribution in [-0.4, -0.2) is 6.61 Å². The summed E-state index contributed by atoms with van der Waals surface area (Å²) >= 11 is 3.50. The van der Waals surface area contributed by atoms with E-state index in [0.717, 1.165) is 11.1 Å². The molecule has 1 fully saturated rings. The van der Waals surface area contributed by atoms with Crippen molar-refractivity contribution in [3.63, 3.8) is 0 Å². The molecule has 1 aromatic carbocycles. The first-order valence-electron chi connectivity index (χ1n) is 4.56. The van der Waals surface area contributed by atoms with Gasteiger partial charge < -0.3 is 4.74 Å². The molecule has 1 aliphatic rings. The van der Waals surface area contributed by atoms with Gasteiger partial charge in [0, 0.05) is 10.9 Å². The van der Waals surface area contributed by atoms with Crippen molar-refractivity contribution in [2.75, 3.05) is 6.61 Å². The Balaban J connectivity index is 2.43. The summed E-state index contributed by atoms with van der Waals surface area (Å²) in [5.41, 5.74) is 4.04. The van der Waals surface area contributed by atoms with Crippen molar-refractivity contribution in [2.24, 2.45) is 0 Å². The molecule has 1 aromatic rings. The Labute approximate surface area is 87.2 Å². The lowest BCUT2D eigenvalue weighted by Crippen LogP contribution is -2.20. The van der Waals surface area contributed by atoms with Crippen LogP contribution in [-0.2, 0) is 4.74 Å². The molecular weight excluding hydrogens is 228 g/mol. The molecule has 0 aromatic heterocycles. The van der Waals surface area contributed by atoms with Crippen LogP contribution < -0.4 is 0 Å². The van der Waals surface area contributed by atoms with Gasteiger partial charge in [0.05, 0.1) is 12.7 Å². The van der Waals surface area contributed by atoms with Gasteiger partial charge in [-0.15, -0.1) is 0 Å². The maximum Gasteiger partial charge on any atom is 0.0852 e. The third-order valence-electron chi connectivity index (χ3n) is 2.58. The Morgan fingerprint density at radius 1 is 1.31 bits per heavy atom. The van der Waals surface area contributed by atoms with E-state index in [9.17, 15) is 0 Å². The van der Waals surface area contributed by atoms with Crippen LogP contribution in [0.4, 0.5) is 0 Å². The largest absolute Gasteiger partial charge is 0.373 e. The predicted octanol–water partition coefficient (Wildman–Crippen LogP) is 3.53. The molecule has 1 heterocycles. The average Bonchev–Trinajstić information content (AvgIpc) is 1.92. The van der Waals surface area contributed by atoms with E-state index in [1.165, 1.54) is 23.1 Å². The first-order valence-corrected chi connectivity index (χ1v) is 5.36. The van der Waals surface area contributed by atoms with Crippen molar-refractivity contribution < 1.29 is 4.74 Å². The zero-order chi connectivity index (χ0) is 9.42. The number of benzene rings is 1. The van der Waals surface area contributed by atoms with Gasteiger partial charge in [-0.25, -0.2) is 0 Å². The maximum atomic E-state index is 5.50. The minimum absolute atomic E-state index is 0.355. The number of halogens is 1. The van der Waals surface area contributed by atoms with Crippen molar-refractivity contribution in [3.05, 3.63) is 33.3 Å². The minimum Gasteiger partial charge on any atom is -0.373 e. The van der Waals surface area contributed by atoms with Gasteiger partial charge in [-0.1, -0.05) is 15.9 Å². The number of rotatable bonds is 1. The molecule has 1 nitrogen and oxygen atoms in total. The smallest absolute Gasteiger partial charge is 0.0852 e. The Morgan fingerprint density at radius 3 is 2.23 bits per heavy atom. The van der Waals surface area contributed by atoms with E-state index in [1.807, 2.05) is 0 Å². The zero-order valence-electron chi connectivity index (χ0n) is 7.93. The number of hydrogen-bond donors (Lipinski definition) is 0. The number of aryl methyl sites for hydroxylation is 2. The van der Waals surface area contributed by atoms with Crippen molar-refractivity contribution in [3.8, 4) is 0 Å². The summed E-state index contributed by atoms with van der Waals surface area (Å²) in [5.74, 6) is 0. The van der Waals surface area contributed by atoms with E-state index < -0.39 is 0 Å². The molecule has 2 rings (SSSR count). The highest BCUT2D eigenvalue weighted by atomic mass is 79.9. The van der Waals surface area contributed by atoms with E-state index in [-0.39, 0.29) is 0 Å². The molecule has 1 atom stereocenters. The predicted molar refractivity (Wildman–Crippen MR) is 56.9 cm³/mol. The summed E-state index contributed by atoms with van der Waals surface area (Å²) in [6.45, 7) is 5.21. The summed E-state index contributed by atoms with van der Waals surface area (Å²) in [4.78, 5) is 0. The maximum absolute atomic E-state index is 5.50. The Kier molecular flexibility index (Phi) is 2.43. The van der Waals surface area contributed by atoms with E-state index in [1.54, 1.807) is 0 Å². The average molecular weight is 241 g/mol. The molecule has 0 aliphatic carbocycles. The van der Waals surface area contributed by atoms with E-state index in [2.05, 4.69) is 41.9 Å². The minimum atomic E-state index is 0.355. The van der Waals surface area contributed by atoms with E-state index >= 15 is 0 Å². The van der Waals surface area contributed by atoms with Gasteiger partial charge in [0.1, 0.15) is 0 Å². The number of hydrogen-bond acceptors (Lipinski definition) is 1. The van der Waals surface area contributed by atoms with E-state index in [0.29, 0.717) is 6.10 Å². The normalized spacial score (nSPS) is 21.3. The summed E-state index contributed by atoms with van der Waals surface area (Å²) in [5, 5.41) is 0. The Hall–Kier alpha value is -0.340. The van der Waals surface area contributed by atoms with Crippen molar-refractivity contribution in [1.82, 2.24) is 0 Å². The lowest BCUT2D eigenvalue weighted by molar-refractivity contribution is -0.0534. The highest BCUT2D eigenvalue weighted by Crippen LogP contribution is 2.35. The fourth-order valence-electron chi connectivity index (χ4n) is 1.89. The molecule has 1 unspecified atom stereocenters. The van der Waals surface area contributed by atoms with Gasteiger partial charge in [0.25, 0.3) is 0 Å². The second kappa shape index (κ2) is 3.43. The third kappa shape index (κ3) is 1.65. The quantitative estimate of drug-likeness (QED) is 0.730. The monoisotopic (exact) mass is 240 g/mol. The SMILES string of the molecule is Cc1cc(Br)cc(C)c1C1CCO1. The van der Waals surface area contributed by atoms with Crippen LogP contribution in [0, 0.1) is 13.8 Å².